The van der Waals surface area contributed by atoms with Crippen molar-refractivity contribution in [1.29, 1.82) is 0 Å². The van der Waals surface area contributed by atoms with Crippen LogP contribution in [0.2, 0.25) is 0 Å². The van der Waals surface area contributed by atoms with Gasteiger partial charge in [0, 0.05) is 43.9 Å². The Morgan fingerprint density at radius 2 is 1.92 bits per heavy atom. The highest BCUT2D eigenvalue weighted by Gasteiger charge is 2.43. The van der Waals surface area contributed by atoms with Crippen LogP contribution in [0.25, 0.3) is 0 Å². The third-order valence-electron chi connectivity index (χ3n) is 5.91. The lowest BCUT2D eigenvalue weighted by atomic mass is 9.66. The molecule has 2 aromatic heterocycles. The van der Waals surface area contributed by atoms with Gasteiger partial charge in [-0.25, -0.2) is 4.98 Å². The van der Waals surface area contributed by atoms with E-state index in [1.165, 1.54) is 18.4 Å². The molecule has 26 heavy (non-hydrogen) atoms. The van der Waals surface area contributed by atoms with Gasteiger partial charge in [0.25, 0.3) is 0 Å². The number of nitrogens with zero attached hydrogens (tertiary/aromatic N) is 4. The molecule has 0 amide bonds. The summed E-state index contributed by atoms with van der Waals surface area (Å²) in [6.45, 7) is 5.57. The van der Waals surface area contributed by atoms with Crippen LogP contribution in [0, 0.1) is 11.3 Å². The van der Waals surface area contributed by atoms with Crippen molar-refractivity contribution >= 4 is 0 Å². The first kappa shape index (κ1) is 17.4. The van der Waals surface area contributed by atoms with Crippen molar-refractivity contribution in [1.82, 2.24) is 19.9 Å². The van der Waals surface area contributed by atoms with Gasteiger partial charge in [0.1, 0.15) is 0 Å². The van der Waals surface area contributed by atoms with Crippen LogP contribution in [0.5, 0.6) is 5.88 Å². The molecule has 2 aromatic rings. The quantitative estimate of drug-likeness (QED) is 0.822. The second kappa shape index (κ2) is 8.10. The highest BCUT2D eigenvalue weighted by Crippen LogP contribution is 2.45. The van der Waals surface area contributed by atoms with Crippen molar-refractivity contribution in [2.45, 2.75) is 25.8 Å². The SMILES string of the molecule is c1cc(CN2CCC3(CCOC[C@@H]3COc3cnccn3)CC2)ccn1. The summed E-state index contributed by atoms with van der Waals surface area (Å²) in [5, 5.41) is 0. The summed E-state index contributed by atoms with van der Waals surface area (Å²) in [6.07, 6.45) is 12.3. The van der Waals surface area contributed by atoms with E-state index in [4.69, 9.17) is 9.47 Å². The molecule has 1 spiro atoms. The molecule has 0 radical (unpaired) electrons. The Hall–Kier alpha value is -2.05. The fourth-order valence-corrected chi connectivity index (χ4v) is 4.21. The van der Waals surface area contributed by atoms with Crippen LogP contribution in [-0.2, 0) is 11.3 Å². The summed E-state index contributed by atoms with van der Waals surface area (Å²) in [5.41, 5.74) is 1.67. The molecule has 0 saturated carbocycles. The lowest BCUT2D eigenvalue weighted by molar-refractivity contribution is -0.0867. The van der Waals surface area contributed by atoms with Gasteiger partial charge in [-0.2, -0.15) is 0 Å². The van der Waals surface area contributed by atoms with Crippen molar-refractivity contribution in [3.05, 3.63) is 48.7 Å². The molecular weight excluding hydrogens is 328 g/mol. The highest BCUT2D eigenvalue weighted by molar-refractivity contribution is 5.10. The largest absolute Gasteiger partial charge is 0.476 e. The Labute approximate surface area is 154 Å². The molecule has 0 aliphatic carbocycles. The van der Waals surface area contributed by atoms with E-state index in [1.54, 1.807) is 18.6 Å². The molecular formula is C20H26N4O2. The van der Waals surface area contributed by atoms with Gasteiger partial charge in [0.15, 0.2) is 0 Å². The molecule has 6 heteroatoms. The Bertz CT molecular complexity index is 675. The van der Waals surface area contributed by atoms with Crippen LogP contribution < -0.4 is 4.74 Å². The van der Waals surface area contributed by atoms with Crippen molar-refractivity contribution in [2.75, 3.05) is 32.9 Å². The van der Waals surface area contributed by atoms with E-state index in [0.717, 1.165) is 39.3 Å². The molecule has 2 aliphatic heterocycles. The van der Waals surface area contributed by atoms with Crippen LogP contribution in [0.4, 0.5) is 0 Å². The molecule has 1 atom stereocenters. The molecule has 2 aliphatic rings. The lowest BCUT2D eigenvalue weighted by Crippen LogP contribution is -2.49. The van der Waals surface area contributed by atoms with Crippen molar-refractivity contribution in [3.63, 3.8) is 0 Å². The van der Waals surface area contributed by atoms with Crippen molar-refractivity contribution in [3.8, 4) is 5.88 Å². The van der Waals surface area contributed by atoms with E-state index in [-0.39, 0.29) is 0 Å². The predicted molar refractivity (Wildman–Crippen MR) is 97.6 cm³/mol. The maximum Gasteiger partial charge on any atom is 0.232 e. The highest BCUT2D eigenvalue weighted by atomic mass is 16.5. The second-order valence-corrected chi connectivity index (χ2v) is 7.37. The van der Waals surface area contributed by atoms with E-state index < -0.39 is 0 Å². The van der Waals surface area contributed by atoms with Gasteiger partial charge in [-0.3, -0.25) is 14.9 Å². The van der Waals surface area contributed by atoms with Crippen molar-refractivity contribution < 1.29 is 9.47 Å². The number of piperidine rings is 1. The summed E-state index contributed by atoms with van der Waals surface area (Å²) in [4.78, 5) is 14.9. The molecule has 0 N–H and O–H groups in total. The van der Waals surface area contributed by atoms with Crippen LogP contribution in [-0.4, -0.2) is 52.8 Å². The fraction of sp³-hybridized carbons (Fsp3) is 0.550. The van der Waals surface area contributed by atoms with Crippen molar-refractivity contribution in [2.24, 2.45) is 11.3 Å². The van der Waals surface area contributed by atoms with E-state index in [1.807, 2.05) is 12.4 Å². The molecule has 2 saturated heterocycles. The smallest absolute Gasteiger partial charge is 0.232 e. The minimum absolute atomic E-state index is 0.329. The molecule has 4 heterocycles. The Morgan fingerprint density at radius 3 is 2.69 bits per heavy atom. The zero-order valence-electron chi connectivity index (χ0n) is 15.1. The maximum absolute atomic E-state index is 5.92. The van der Waals surface area contributed by atoms with E-state index in [9.17, 15) is 0 Å². The van der Waals surface area contributed by atoms with Gasteiger partial charge in [-0.05, 0) is 55.5 Å². The van der Waals surface area contributed by atoms with E-state index >= 15 is 0 Å². The molecule has 138 valence electrons. The van der Waals surface area contributed by atoms with E-state index in [2.05, 4.69) is 32.0 Å². The molecule has 4 rings (SSSR count). The summed E-state index contributed by atoms with van der Waals surface area (Å²) >= 11 is 0. The Morgan fingerprint density at radius 1 is 1.08 bits per heavy atom. The first-order valence-corrected chi connectivity index (χ1v) is 9.42. The van der Waals surface area contributed by atoms with Gasteiger partial charge in [0.05, 0.1) is 19.4 Å². The molecule has 0 unspecified atom stereocenters. The third kappa shape index (κ3) is 4.02. The number of hydrogen-bond donors (Lipinski definition) is 0. The monoisotopic (exact) mass is 354 g/mol. The number of rotatable bonds is 5. The molecule has 2 fully saturated rings. The topological polar surface area (TPSA) is 60.4 Å². The van der Waals surface area contributed by atoms with Crippen LogP contribution in [0.1, 0.15) is 24.8 Å². The first-order valence-electron chi connectivity index (χ1n) is 9.42. The van der Waals surface area contributed by atoms with Gasteiger partial charge in [-0.15, -0.1) is 0 Å². The van der Waals surface area contributed by atoms with Crippen LogP contribution in [0.15, 0.2) is 43.1 Å². The summed E-state index contributed by atoms with van der Waals surface area (Å²) in [7, 11) is 0. The summed E-state index contributed by atoms with van der Waals surface area (Å²) < 4.78 is 11.7. The third-order valence-corrected chi connectivity index (χ3v) is 5.91. The van der Waals surface area contributed by atoms with Crippen LogP contribution >= 0.6 is 0 Å². The van der Waals surface area contributed by atoms with Gasteiger partial charge in [-0.1, -0.05) is 0 Å². The number of ether oxygens (including phenoxy) is 2. The number of aromatic nitrogens is 3. The Balaban J connectivity index is 1.35. The molecule has 0 bridgehead atoms. The van der Waals surface area contributed by atoms with Gasteiger partial charge in [0.2, 0.25) is 5.88 Å². The van der Waals surface area contributed by atoms with Gasteiger partial charge < -0.3 is 9.47 Å². The molecule has 0 aromatic carbocycles. The maximum atomic E-state index is 5.92. The number of pyridine rings is 1. The average Bonchev–Trinajstić information content (AvgIpc) is 2.71. The van der Waals surface area contributed by atoms with E-state index in [0.29, 0.717) is 23.8 Å². The standard InChI is InChI=1S/C20H26N4O2/c1-6-21-7-2-17(1)14-24-10-3-20(4-11-24)5-12-25-15-18(20)16-26-19-13-22-8-9-23-19/h1-2,6-9,13,18H,3-5,10-12,14-16H2/t18-/m1/s1. The first-order chi connectivity index (χ1) is 12.8. The minimum Gasteiger partial charge on any atom is -0.476 e. The number of likely N-dealkylation sites (tertiary alicyclic amines) is 1. The minimum atomic E-state index is 0.329. The zero-order chi connectivity index (χ0) is 17.7. The lowest BCUT2D eigenvalue weighted by Gasteiger charge is -2.48. The fourth-order valence-electron chi connectivity index (χ4n) is 4.21. The zero-order valence-corrected chi connectivity index (χ0v) is 15.1. The van der Waals surface area contributed by atoms with Crippen LogP contribution in [0.3, 0.4) is 0 Å². The normalized spacial score (nSPS) is 23.0. The second-order valence-electron chi connectivity index (χ2n) is 7.37. The summed E-state index contributed by atoms with van der Waals surface area (Å²) in [5.74, 6) is 1.02. The molecule has 6 nitrogen and oxygen atoms in total. The predicted octanol–water partition coefficient (Wildman–Crippen LogP) is 2.57. The Kier molecular flexibility index (Phi) is 5.41. The van der Waals surface area contributed by atoms with Gasteiger partial charge >= 0.3 is 0 Å². The summed E-state index contributed by atoms with van der Waals surface area (Å²) in [6, 6.07) is 4.22. The number of hydrogen-bond acceptors (Lipinski definition) is 6. The average molecular weight is 354 g/mol.